The monoisotopic (exact) mass is 224 g/mol. The van der Waals surface area contributed by atoms with Crippen LogP contribution in [0.2, 0.25) is 0 Å². The Labute approximate surface area is 97.6 Å². The van der Waals surface area contributed by atoms with Crippen molar-refractivity contribution in [1.82, 2.24) is 0 Å². The summed E-state index contributed by atoms with van der Waals surface area (Å²) < 4.78 is 14.5. The highest BCUT2D eigenvalue weighted by Crippen LogP contribution is 2.27. The molecule has 1 aromatic rings. The Morgan fingerprint density at radius 3 is 1.94 bits per heavy atom. The summed E-state index contributed by atoms with van der Waals surface area (Å²) in [5, 5.41) is 0. The van der Waals surface area contributed by atoms with Gasteiger partial charge in [0.1, 0.15) is 0 Å². The SMILES string of the molecule is CC=Cc1ccc(OC)c(OC)c1.COC. The largest absolute Gasteiger partial charge is 0.493 e. The first-order chi connectivity index (χ1) is 7.73. The molecule has 0 bridgehead atoms. The van der Waals surface area contributed by atoms with Gasteiger partial charge in [0.05, 0.1) is 14.2 Å². The second kappa shape index (κ2) is 8.80. The molecule has 0 aromatic heterocycles. The second-order valence-electron chi connectivity index (χ2n) is 3.02. The fourth-order valence-corrected chi connectivity index (χ4v) is 1.15. The summed E-state index contributed by atoms with van der Waals surface area (Å²) in [7, 11) is 6.52. The van der Waals surface area contributed by atoms with Crippen LogP contribution in [-0.4, -0.2) is 28.4 Å². The molecule has 0 aliphatic rings. The highest BCUT2D eigenvalue weighted by molar-refractivity contribution is 5.55. The lowest BCUT2D eigenvalue weighted by Crippen LogP contribution is -1.90. The Morgan fingerprint density at radius 1 is 0.938 bits per heavy atom. The highest BCUT2D eigenvalue weighted by Gasteiger charge is 2.01. The van der Waals surface area contributed by atoms with E-state index in [1.54, 1.807) is 28.4 Å². The van der Waals surface area contributed by atoms with Crippen LogP contribution in [0.1, 0.15) is 12.5 Å². The Balaban J connectivity index is 0.000000673. The quantitative estimate of drug-likeness (QED) is 0.790. The molecule has 0 spiro atoms. The molecule has 0 N–H and O–H groups in total. The molecule has 0 amide bonds. The van der Waals surface area contributed by atoms with Gasteiger partial charge in [-0.25, -0.2) is 0 Å². The van der Waals surface area contributed by atoms with Crippen molar-refractivity contribution >= 4 is 6.08 Å². The Hall–Kier alpha value is -1.48. The number of hydrogen-bond acceptors (Lipinski definition) is 3. The van der Waals surface area contributed by atoms with Crippen LogP contribution in [-0.2, 0) is 4.74 Å². The molecule has 16 heavy (non-hydrogen) atoms. The molecular weight excluding hydrogens is 204 g/mol. The zero-order valence-corrected chi connectivity index (χ0v) is 10.6. The normalized spacial score (nSPS) is 9.56. The molecule has 0 fully saturated rings. The minimum atomic E-state index is 0.760. The molecular formula is C13H20O3. The Bertz CT molecular complexity index is 319. The van der Waals surface area contributed by atoms with Crippen molar-refractivity contribution in [3.8, 4) is 11.5 Å². The lowest BCUT2D eigenvalue weighted by Gasteiger charge is -2.07. The topological polar surface area (TPSA) is 27.7 Å². The van der Waals surface area contributed by atoms with Gasteiger partial charge in [-0.2, -0.15) is 0 Å². The summed E-state index contributed by atoms with van der Waals surface area (Å²) in [6, 6.07) is 5.83. The molecule has 0 aliphatic heterocycles. The van der Waals surface area contributed by atoms with Crippen LogP contribution in [0.3, 0.4) is 0 Å². The first-order valence-electron chi connectivity index (χ1n) is 4.98. The average Bonchev–Trinajstić information content (AvgIpc) is 2.30. The van der Waals surface area contributed by atoms with Gasteiger partial charge in [-0.3, -0.25) is 0 Å². The fourth-order valence-electron chi connectivity index (χ4n) is 1.15. The Morgan fingerprint density at radius 2 is 1.50 bits per heavy atom. The molecule has 1 rings (SSSR count). The second-order valence-corrected chi connectivity index (χ2v) is 3.02. The van der Waals surface area contributed by atoms with E-state index in [1.165, 1.54) is 0 Å². The van der Waals surface area contributed by atoms with Crippen LogP contribution in [0.5, 0.6) is 11.5 Å². The number of allylic oxidation sites excluding steroid dienone is 1. The van der Waals surface area contributed by atoms with E-state index in [0.29, 0.717) is 0 Å². The third kappa shape index (κ3) is 4.84. The predicted octanol–water partition coefficient (Wildman–Crippen LogP) is 3.00. The summed E-state index contributed by atoms with van der Waals surface area (Å²) in [5.74, 6) is 1.52. The highest BCUT2D eigenvalue weighted by atomic mass is 16.5. The summed E-state index contributed by atoms with van der Waals surface area (Å²) in [4.78, 5) is 0. The van der Waals surface area contributed by atoms with E-state index < -0.39 is 0 Å². The molecule has 3 nitrogen and oxygen atoms in total. The number of methoxy groups -OCH3 is 3. The molecule has 0 unspecified atom stereocenters. The van der Waals surface area contributed by atoms with Gasteiger partial charge in [0.15, 0.2) is 11.5 Å². The molecule has 0 heterocycles. The van der Waals surface area contributed by atoms with E-state index in [-0.39, 0.29) is 0 Å². The Kier molecular flexibility index (Phi) is 7.98. The molecule has 3 heteroatoms. The summed E-state index contributed by atoms with van der Waals surface area (Å²) in [6.45, 7) is 1.98. The van der Waals surface area contributed by atoms with Crippen molar-refractivity contribution in [3.05, 3.63) is 29.8 Å². The first-order valence-corrected chi connectivity index (χ1v) is 4.98. The molecule has 0 radical (unpaired) electrons. The minimum absolute atomic E-state index is 0.760. The van der Waals surface area contributed by atoms with Crippen molar-refractivity contribution in [2.75, 3.05) is 28.4 Å². The van der Waals surface area contributed by atoms with Crippen LogP contribution in [0.25, 0.3) is 6.08 Å². The smallest absolute Gasteiger partial charge is 0.161 e. The molecule has 1 aromatic carbocycles. The van der Waals surface area contributed by atoms with Crippen LogP contribution in [0, 0.1) is 0 Å². The first kappa shape index (κ1) is 14.5. The molecule has 0 aliphatic carbocycles. The van der Waals surface area contributed by atoms with Crippen LogP contribution < -0.4 is 9.47 Å². The molecule has 0 atom stereocenters. The summed E-state index contributed by atoms with van der Waals surface area (Å²) >= 11 is 0. The van der Waals surface area contributed by atoms with Crippen molar-refractivity contribution in [2.24, 2.45) is 0 Å². The van der Waals surface area contributed by atoms with Crippen LogP contribution >= 0.6 is 0 Å². The van der Waals surface area contributed by atoms with Gasteiger partial charge < -0.3 is 14.2 Å². The number of hydrogen-bond donors (Lipinski definition) is 0. The van der Waals surface area contributed by atoms with E-state index in [4.69, 9.17) is 9.47 Å². The van der Waals surface area contributed by atoms with Gasteiger partial charge in [-0.05, 0) is 24.6 Å². The molecule has 90 valence electrons. The van der Waals surface area contributed by atoms with E-state index in [1.807, 2.05) is 37.3 Å². The number of ether oxygens (including phenoxy) is 3. The summed E-state index contributed by atoms with van der Waals surface area (Å²) in [6.07, 6.45) is 4.00. The van der Waals surface area contributed by atoms with Gasteiger partial charge in [-0.15, -0.1) is 0 Å². The standard InChI is InChI=1S/C11H14O2.C2H6O/c1-4-5-9-6-7-10(12-2)11(8-9)13-3;1-3-2/h4-8H,1-3H3;1-2H3. The number of rotatable bonds is 3. The zero-order chi connectivity index (χ0) is 12.4. The molecule has 0 saturated heterocycles. The third-order valence-corrected chi connectivity index (χ3v) is 1.77. The van der Waals surface area contributed by atoms with E-state index in [0.717, 1.165) is 17.1 Å². The maximum Gasteiger partial charge on any atom is 0.161 e. The van der Waals surface area contributed by atoms with Gasteiger partial charge in [0, 0.05) is 14.2 Å². The minimum Gasteiger partial charge on any atom is -0.493 e. The maximum absolute atomic E-state index is 5.16. The predicted molar refractivity (Wildman–Crippen MR) is 67.2 cm³/mol. The molecule has 0 saturated carbocycles. The van der Waals surface area contributed by atoms with E-state index in [2.05, 4.69) is 4.74 Å². The van der Waals surface area contributed by atoms with Gasteiger partial charge in [0.25, 0.3) is 0 Å². The average molecular weight is 224 g/mol. The van der Waals surface area contributed by atoms with Gasteiger partial charge >= 0.3 is 0 Å². The maximum atomic E-state index is 5.16. The summed E-state index contributed by atoms with van der Waals surface area (Å²) in [5.41, 5.74) is 1.11. The van der Waals surface area contributed by atoms with Crippen LogP contribution in [0.15, 0.2) is 24.3 Å². The zero-order valence-electron chi connectivity index (χ0n) is 10.6. The van der Waals surface area contributed by atoms with E-state index >= 15 is 0 Å². The lowest BCUT2D eigenvalue weighted by molar-refractivity contribution is 0.277. The third-order valence-electron chi connectivity index (χ3n) is 1.77. The van der Waals surface area contributed by atoms with E-state index in [9.17, 15) is 0 Å². The lowest BCUT2D eigenvalue weighted by atomic mass is 10.2. The van der Waals surface area contributed by atoms with Crippen molar-refractivity contribution < 1.29 is 14.2 Å². The number of benzene rings is 1. The fraction of sp³-hybridized carbons (Fsp3) is 0.385. The van der Waals surface area contributed by atoms with Crippen molar-refractivity contribution in [1.29, 1.82) is 0 Å². The van der Waals surface area contributed by atoms with Gasteiger partial charge in [-0.1, -0.05) is 18.2 Å². The van der Waals surface area contributed by atoms with Crippen molar-refractivity contribution in [3.63, 3.8) is 0 Å². The van der Waals surface area contributed by atoms with Crippen molar-refractivity contribution in [2.45, 2.75) is 6.92 Å². The van der Waals surface area contributed by atoms with Gasteiger partial charge in [0.2, 0.25) is 0 Å². The van der Waals surface area contributed by atoms with Crippen LogP contribution in [0.4, 0.5) is 0 Å².